The SMILES string of the molecule is CC(O)CC(C)NC(C)c1ccc(F)cc1F. The van der Waals surface area contributed by atoms with Gasteiger partial charge in [0.2, 0.25) is 0 Å². The van der Waals surface area contributed by atoms with Gasteiger partial charge in [0, 0.05) is 23.7 Å². The lowest BCUT2D eigenvalue weighted by molar-refractivity contribution is 0.168. The summed E-state index contributed by atoms with van der Waals surface area (Å²) in [5.74, 6) is -1.12. The Bertz CT molecular complexity index is 368. The van der Waals surface area contributed by atoms with Crippen LogP contribution in [0.5, 0.6) is 0 Å². The van der Waals surface area contributed by atoms with Gasteiger partial charge in [-0.05, 0) is 33.3 Å². The van der Waals surface area contributed by atoms with E-state index in [1.807, 2.05) is 13.8 Å². The minimum absolute atomic E-state index is 0.0643. The normalized spacial score (nSPS) is 16.6. The summed E-state index contributed by atoms with van der Waals surface area (Å²) in [6.45, 7) is 5.45. The first-order chi connectivity index (χ1) is 7.90. The fraction of sp³-hybridized carbons (Fsp3) is 0.538. The second-order valence-corrected chi connectivity index (χ2v) is 4.54. The molecule has 0 bridgehead atoms. The molecule has 1 aromatic carbocycles. The third-order valence-electron chi connectivity index (χ3n) is 2.66. The number of benzene rings is 1. The zero-order chi connectivity index (χ0) is 13.0. The van der Waals surface area contributed by atoms with E-state index in [4.69, 9.17) is 0 Å². The van der Waals surface area contributed by atoms with Gasteiger partial charge in [0.15, 0.2) is 0 Å². The molecule has 2 nitrogen and oxygen atoms in total. The lowest BCUT2D eigenvalue weighted by atomic mass is 10.1. The minimum atomic E-state index is -0.574. The van der Waals surface area contributed by atoms with Crippen LogP contribution in [0.25, 0.3) is 0 Å². The van der Waals surface area contributed by atoms with E-state index < -0.39 is 17.7 Å². The van der Waals surface area contributed by atoms with E-state index >= 15 is 0 Å². The molecule has 2 N–H and O–H groups in total. The molecule has 0 amide bonds. The van der Waals surface area contributed by atoms with E-state index in [9.17, 15) is 13.9 Å². The number of nitrogens with one attached hydrogen (secondary N) is 1. The van der Waals surface area contributed by atoms with E-state index in [1.165, 1.54) is 12.1 Å². The maximum absolute atomic E-state index is 13.5. The first-order valence-electron chi connectivity index (χ1n) is 5.79. The fourth-order valence-corrected chi connectivity index (χ4v) is 1.95. The summed E-state index contributed by atoms with van der Waals surface area (Å²) in [5.41, 5.74) is 0.434. The third-order valence-corrected chi connectivity index (χ3v) is 2.66. The zero-order valence-electron chi connectivity index (χ0n) is 10.4. The molecule has 0 radical (unpaired) electrons. The lowest BCUT2D eigenvalue weighted by Gasteiger charge is -2.21. The summed E-state index contributed by atoms with van der Waals surface area (Å²) in [6, 6.07) is 3.42. The molecule has 3 atom stereocenters. The zero-order valence-corrected chi connectivity index (χ0v) is 10.4. The average Bonchev–Trinajstić information content (AvgIpc) is 2.15. The van der Waals surface area contributed by atoms with E-state index in [1.54, 1.807) is 6.92 Å². The molecule has 0 aliphatic rings. The van der Waals surface area contributed by atoms with Crippen molar-refractivity contribution in [2.24, 2.45) is 0 Å². The van der Waals surface area contributed by atoms with Crippen LogP contribution in [-0.4, -0.2) is 17.3 Å². The molecule has 1 aromatic rings. The maximum Gasteiger partial charge on any atom is 0.130 e. The topological polar surface area (TPSA) is 32.3 Å². The van der Waals surface area contributed by atoms with Gasteiger partial charge in [0.05, 0.1) is 6.10 Å². The summed E-state index contributed by atoms with van der Waals surface area (Å²) in [6.07, 6.45) is 0.190. The molecular weight excluding hydrogens is 224 g/mol. The van der Waals surface area contributed by atoms with Crippen molar-refractivity contribution in [3.05, 3.63) is 35.4 Å². The largest absolute Gasteiger partial charge is 0.393 e. The number of halogens is 2. The van der Waals surface area contributed by atoms with Gasteiger partial charge >= 0.3 is 0 Å². The van der Waals surface area contributed by atoms with E-state index in [2.05, 4.69) is 5.32 Å². The number of hydrogen-bond donors (Lipinski definition) is 2. The van der Waals surface area contributed by atoms with E-state index in [-0.39, 0.29) is 12.1 Å². The van der Waals surface area contributed by atoms with Crippen molar-refractivity contribution in [1.29, 1.82) is 0 Å². The highest BCUT2D eigenvalue weighted by Crippen LogP contribution is 2.18. The van der Waals surface area contributed by atoms with Gasteiger partial charge in [-0.15, -0.1) is 0 Å². The molecule has 3 unspecified atom stereocenters. The Balaban J connectivity index is 2.66. The molecule has 0 fully saturated rings. The van der Waals surface area contributed by atoms with Crippen LogP contribution in [0.2, 0.25) is 0 Å². The van der Waals surface area contributed by atoms with Gasteiger partial charge in [-0.2, -0.15) is 0 Å². The van der Waals surface area contributed by atoms with Gasteiger partial charge in [-0.1, -0.05) is 6.07 Å². The Morgan fingerprint density at radius 3 is 2.41 bits per heavy atom. The summed E-state index contributed by atoms with van der Waals surface area (Å²) < 4.78 is 26.2. The highest BCUT2D eigenvalue weighted by atomic mass is 19.1. The van der Waals surface area contributed by atoms with Gasteiger partial charge in [-0.25, -0.2) is 8.78 Å². The number of rotatable bonds is 5. The van der Waals surface area contributed by atoms with Crippen molar-refractivity contribution < 1.29 is 13.9 Å². The van der Waals surface area contributed by atoms with Gasteiger partial charge in [0.1, 0.15) is 11.6 Å². The predicted molar refractivity (Wildman–Crippen MR) is 63.7 cm³/mol. The van der Waals surface area contributed by atoms with Crippen molar-refractivity contribution in [3.8, 4) is 0 Å². The fourth-order valence-electron chi connectivity index (χ4n) is 1.95. The molecule has 0 heterocycles. The average molecular weight is 243 g/mol. The first-order valence-corrected chi connectivity index (χ1v) is 5.79. The van der Waals surface area contributed by atoms with Crippen molar-refractivity contribution in [3.63, 3.8) is 0 Å². The van der Waals surface area contributed by atoms with Crippen LogP contribution < -0.4 is 5.32 Å². The van der Waals surface area contributed by atoms with Crippen LogP contribution in [0, 0.1) is 11.6 Å². The summed E-state index contributed by atoms with van der Waals surface area (Å²) in [7, 11) is 0. The maximum atomic E-state index is 13.5. The number of aliphatic hydroxyl groups excluding tert-OH is 1. The van der Waals surface area contributed by atoms with Crippen LogP contribution in [-0.2, 0) is 0 Å². The van der Waals surface area contributed by atoms with Gasteiger partial charge in [0.25, 0.3) is 0 Å². The van der Waals surface area contributed by atoms with E-state index in [0.717, 1.165) is 6.07 Å². The molecule has 0 aliphatic carbocycles. The minimum Gasteiger partial charge on any atom is -0.393 e. The second kappa shape index (κ2) is 6.07. The van der Waals surface area contributed by atoms with E-state index in [0.29, 0.717) is 12.0 Å². The van der Waals surface area contributed by atoms with Crippen LogP contribution in [0.3, 0.4) is 0 Å². The molecule has 1 rings (SSSR count). The van der Waals surface area contributed by atoms with Crippen molar-refractivity contribution in [2.75, 3.05) is 0 Å². The number of aliphatic hydroxyl groups is 1. The van der Waals surface area contributed by atoms with Crippen LogP contribution in [0.1, 0.15) is 38.8 Å². The summed E-state index contributed by atoms with van der Waals surface area (Å²) >= 11 is 0. The molecule has 4 heteroatoms. The molecule has 96 valence electrons. The Labute approximate surface area is 101 Å². The smallest absolute Gasteiger partial charge is 0.130 e. The Morgan fingerprint density at radius 2 is 1.88 bits per heavy atom. The summed E-state index contributed by atoms with van der Waals surface area (Å²) in [5, 5.41) is 12.4. The lowest BCUT2D eigenvalue weighted by Crippen LogP contribution is -2.31. The Morgan fingerprint density at radius 1 is 1.24 bits per heavy atom. The standard InChI is InChI=1S/C13H19F2NO/c1-8(6-9(2)17)16-10(3)12-5-4-11(14)7-13(12)15/h4-5,7-10,16-17H,6H2,1-3H3. The molecule has 0 saturated heterocycles. The molecule has 17 heavy (non-hydrogen) atoms. The molecule has 0 saturated carbocycles. The quantitative estimate of drug-likeness (QED) is 0.833. The van der Waals surface area contributed by atoms with Gasteiger partial charge in [-0.3, -0.25) is 0 Å². The molecule has 0 aromatic heterocycles. The Hall–Kier alpha value is -1.00. The van der Waals surface area contributed by atoms with Crippen molar-refractivity contribution in [1.82, 2.24) is 5.32 Å². The monoisotopic (exact) mass is 243 g/mol. The highest BCUT2D eigenvalue weighted by Gasteiger charge is 2.14. The third kappa shape index (κ3) is 4.40. The molecule has 0 aliphatic heterocycles. The predicted octanol–water partition coefficient (Wildman–Crippen LogP) is 2.77. The van der Waals surface area contributed by atoms with Crippen molar-refractivity contribution >= 4 is 0 Å². The first kappa shape index (κ1) is 14.1. The molecular formula is C13H19F2NO. The Kier molecular flexibility index (Phi) is 5.02. The summed E-state index contributed by atoms with van der Waals surface area (Å²) in [4.78, 5) is 0. The van der Waals surface area contributed by atoms with Crippen LogP contribution in [0.4, 0.5) is 8.78 Å². The van der Waals surface area contributed by atoms with Crippen LogP contribution in [0.15, 0.2) is 18.2 Å². The van der Waals surface area contributed by atoms with Crippen LogP contribution >= 0.6 is 0 Å². The number of hydrogen-bond acceptors (Lipinski definition) is 2. The van der Waals surface area contributed by atoms with Crippen molar-refractivity contribution in [2.45, 2.75) is 45.4 Å². The molecule has 0 spiro atoms. The highest BCUT2D eigenvalue weighted by molar-refractivity contribution is 5.21. The second-order valence-electron chi connectivity index (χ2n) is 4.54. The van der Waals surface area contributed by atoms with Gasteiger partial charge < -0.3 is 10.4 Å².